The van der Waals surface area contributed by atoms with Crippen molar-refractivity contribution in [2.24, 2.45) is 0 Å². The fourth-order valence-electron chi connectivity index (χ4n) is 0. The van der Waals surface area contributed by atoms with E-state index in [2.05, 4.69) is 0 Å². The van der Waals surface area contributed by atoms with Crippen molar-refractivity contribution in [1.29, 1.82) is 0 Å². The zero-order valence-corrected chi connectivity index (χ0v) is 3.34. The van der Waals surface area contributed by atoms with Crippen LogP contribution in [0.4, 0.5) is 0 Å². The van der Waals surface area contributed by atoms with Crippen LogP contribution < -0.4 is 0 Å². The molecule has 0 aromatic carbocycles. The summed E-state index contributed by atoms with van der Waals surface area (Å²) < 4.78 is 0. The molecule has 0 bridgehead atoms. The van der Waals surface area contributed by atoms with Crippen molar-refractivity contribution < 1.29 is 24.0 Å². The standard InChI is InChI=1S/3CH4.CH3.H2O.V/h3*1H4;1H3;1H2;/q;;;-1;;. The van der Waals surface area contributed by atoms with Gasteiger partial charge in [-0.1, -0.05) is 22.3 Å². The molecule has 0 spiro atoms. The molecule has 0 amide bonds. The molecule has 0 aliphatic rings. The fourth-order valence-corrected chi connectivity index (χ4v) is 0. The van der Waals surface area contributed by atoms with E-state index in [9.17, 15) is 0 Å². The first-order chi connectivity index (χ1) is 0. The molecule has 2 heteroatoms. The second-order valence-corrected chi connectivity index (χ2v) is 0. The molecule has 0 unspecified atom stereocenters. The second-order valence-electron chi connectivity index (χ2n) is 0. The van der Waals surface area contributed by atoms with Gasteiger partial charge in [0.1, 0.15) is 0 Å². The molecule has 1 radical (unpaired) electrons. The molecule has 0 heterocycles. The molecule has 45 valence electrons. The minimum absolute atomic E-state index is 0. The summed E-state index contributed by atoms with van der Waals surface area (Å²) in [5.41, 5.74) is 0. The molecule has 0 rings (SSSR count). The van der Waals surface area contributed by atoms with Crippen LogP contribution in [0.1, 0.15) is 22.3 Å². The Kier molecular flexibility index (Phi) is 43700. The van der Waals surface area contributed by atoms with E-state index in [0.717, 1.165) is 0 Å². The van der Waals surface area contributed by atoms with Gasteiger partial charge in [0.15, 0.2) is 0 Å². The van der Waals surface area contributed by atoms with Gasteiger partial charge in [-0.15, -0.1) is 0 Å². The Bertz CT molecular complexity index is 7.51. The fraction of sp³-hybridized carbons (Fsp3) is 0.750. The maximum absolute atomic E-state index is 0. The van der Waals surface area contributed by atoms with Gasteiger partial charge in [0.2, 0.25) is 0 Å². The maximum Gasteiger partial charge on any atom is 0 e. The third kappa shape index (κ3) is 193. The van der Waals surface area contributed by atoms with E-state index in [-0.39, 0.29) is 53.7 Å². The Morgan fingerprint density at radius 2 is 0.667 bits per heavy atom. The zero-order valence-electron chi connectivity index (χ0n) is 1.95. The van der Waals surface area contributed by atoms with Gasteiger partial charge in [0.25, 0.3) is 0 Å². The number of hydrogen-bond acceptors (Lipinski definition) is 0. The molecule has 0 saturated heterocycles. The van der Waals surface area contributed by atoms with Crippen LogP contribution in [-0.2, 0) is 18.6 Å². The quantitative estimate of drug-likeness (QED) is 0.448. The van der Waals surface area contributed by atoms with Crippen LogP contribution in [0.2, 0.25) is 0 Å². The first kappa shape index (κ1) is 679. The van der Waals surface area contributed by atoms with Crippen LogP contribution in [-0.4, -0.2) is 5.48 Å². The molecule has 0 aromatic heterocycles. The van der Waals surface area contributed by atoms with Crippen LogP contribution in [0.25, 0.3) is 0 Å². The summed E-state index contributed by atoms with van der Waals surface area (Å²) in [6, 6.07) is 0. The van der Waals surface area contributed by atoms with E-state index < -0.39 is 0 Å². The second kappa shape index (κ2) is 386. The number of hydrogen-bond donors (Lipinski definition) is 0. The summed E-state index contributed by atoms with van der Waals surface area (Å²) in [7, 11) is 0. The van der Waals surface area contributed by atoms with Crippen molar-refractivity contribution in [3.05, 3.63) is 7.43 Å². The Balaban J connectivity index is 0. The summed E-state index contributed by atoms with van der Waals surface area (Å²) >= 11 is 0. The first-order valence-corrected chi connectivity index (χ1v) is 0. The SMILES string of the molecule is C.C.C.O.[CH3-].[V]. The van der Waals surface area contributed by atoms with Gasteiger partial charge >= 0.3 is 0 Å². The largest absolute Gasteiger partial charge is 0.412 e. The minimum atomic E-state index is 0. The third-order valence-corrected chi connectivity index (χ3v) is 0. The van der Waals surface area contributed by atoms with Crippen LogP contribution in [0.3, 0.4) is 0 Å². The Morgan fingerprint density at radius 1 is 0.667 bits per heavy atom. The number of rotatable bonds is 0. The minimum Gasteiger partial charge on any atom is -0.412 e. The zero-order chi connectivity index (χ0) is 0. The van der Waals surface area contributed by atoms with Crippen molar-refractivity contribution in [3.63, 3.8) is 0 Å². The van der Waals surface area contributed by atoms with E-state index in [1.807, 2.05) is 0 Å². The molecular weight excluding hydrogens is 115 g/mol. The van der Waals surface area contributed by atoms with Crippen molar-refractivity contribution in [2.75, 3.05) is 0 Å². The van der Waals surface area contributed by atoms with Gasteiger partial charge in [-0.05, 0) is 0 Å². The monoisotopic (exact) mass is 132 g/mol. The normalized spacial score (nSPS) is 0. The smallest absolute Gasteiger partial charge is 0 e. The topological polar surface area (TPSA) is 31.5 Å². The Morgan fingerprint density at radius 3 is 0.667 bits per heavy atom. The molecule has 2 N–H and O–H groups in total. The van der Waals surface area contributed by atoms with Crippen LogP contribution in [0, 0.1) is 7.43 Å². The van der Waals surface area contributed by atoms with E-state index in [0.29, 0.717) is 0 Å². The molecule has 0 fully saturated rings. The van der Waals surface area contributed by atoms with Gasteiger partial charge in [0.05, 0.1) is 0 Å². The molecule has 0 aliphatic carbocycles. The summed E-state index contributed by atoms with van der Waals surface area (Å²) in [6.07, 6.45) is 0. The van der Waals surface area contributed by atoms with Crippen molar-refractivity contribution in [1.82, 2.24) is 0 Å². The summed E-state index contributed by atoms with van der Waals surface area (Å²) in [6.45, 7) is 0. The molecule has 0 aromatic rings. The Labute approximate surface area is 54.3 Å². The first-order valence-electron chi connectivity index (χ1n) is 0. The summed E-state index contributed by atoms with van der Waals surface area (Å²) in [5.74, 6) is 0. The summed E-state index contributed by atoms with van der Waals surface area (Å²) in [5, 5.41) is 0. The third-order valence-electron chi connectivity index (χ3n) is 0. The van der Waals surface area contributed by atoms with Crippen LogP contribution >= 0.6 is 0 Å². The van der Waals surface area contributed by atoms with Crippen molar-refractivity contribution in [3.8, 4) is 0 Å². The molecule has 0 aliphatic heterocycles. The van der Waals surface area contributed by atoms with Crippen molar-refractivity contribution >= 4 is 0 Å². The van der Waals surface area contributed by atoms with Crippen LogP contribution in [0.15, 0.2) is 0 Å². The Hall–Kier alpha value is 0.544. The van der Waals surface area contributed by atoms with Gasteiger partial charge in [-0.3, -0.25) is 0 Å². The average molecular weight is 132 g/mol. The summed E-state index contributed by atoms with van der Waals surface area (Å²) in [4.78, 5) is 0. The van der Waals surface area contributed by atoms with Gasteiger partial charge in [0, 0.05) is 18.6 Å². The predicted octanol–water partition coefficient (Wildman–Crippen LogP) is 1.53. The van der Waals surface area contributed by atoms with E-state index in [4.69, 9.17) is 0 Å². The van der Waals surface area contributed by atoms with Gasteiger partial charge in [-0.2, -0.15) is 0 Å². The molecule has 6 heavy (non-hydrogen) atoms. The average Bonchev–Trinajstić information content (AvgIpc) is 0. The molecule has 0 atom stereocenters. The van der Waals surface area contributed by atoms with Gasteiger partial charge in [-0.25, -0.2) is 0 Å². The maximum atomic E-state index is 0. The molecule has 1 nitrogen and oxygen atoms in total. The van der Waals surface area contributed by atoms with E-state index in [1.165, 1.54) is 0 Å². The molecule has 0 saturated carbocycles. The predicted molar refractivity (Wildman–Crippen MR) is 30.2 cm³/mol. The van der Waals surface area contributed by atoms with Gasteiger partial charge < -0.3 is 12.9 Å². The molecular formula is C4H17OV-. The van der Waals surface area contributed by atoms with E-state index >= 15 is 0 Å². The van der Waals surface area contributed by atoms with E-state index in [1.54, 1.807) is 0 Å². The van der Waals surface area contributed by atoms with Crippen molar-refractivity contribution in [2.45, 2.75) is 22.3 Å². The van der Waals surface area contributed by atoms with Crippen LogP contribution in [0.5, 0.6) is 0 Å².